The number of thiazole rings is 1. The Hall–Kier alpha value is -1.69. The molecule has 6 heteroatoms. The highest BCUT2D eigenvalue weighted by atomic mass is 32.1. The summed E-state index contributed by atoms with van der Waals surface area (Å²) in [5.41, 5.74) is 1.16. The zero-order valence-electron chi connectivity index (χ0n) is 11.4. The van der Waals surface area contributed by atoms with Crippen molar-refractivity contribution >= 4 is 22.3 Å². The standard InChI is InChI=1S/C14H17N5S/c1-18(14-15-6-7-20-14)11-8-19(9-11)13-5-4-12(16-17-13)10-2-3-10/h4-7,10-11H,2-3,8-9H2,1H3. The van der Waals surface area contributed by atoms with Crippen LogP contribution in [-0.2, 0) is 0 Å². The first-order valence-electron chi connectivity index (χ1n) is 7.02. The first-order valence-corrected chi connectivity index (χ1v) is 7.90. The van der Waals surface area contributed by atoms with Crippen molar-refractivity contribution in [2.45, 2.75) is 24.8 Å². The quantitative estimate of drug-likeness (QED) is 0.862. The molecule has 20 heavy (non-hydrogen) atoms. The van der Waals surface area contributed by atoms with E-state index >= 15 is 0 Å². The molecule has 2 aromatic rings. The van der Waals surface area contributed by atoms with Gasteiger partial charge in [0.25, 0.3) is 0 Å². The van der Waals surface area contributed by atoms with Crippen LogP contribution >= 0.6 is 11.3 Å². The summed E-state index contributed by atoms with van der Waals surface area (Å²) < 4.78 is 0. The van der Waals surface area contributed by atoms with Gasteiger partial charge in [0.05, 0.1) is 11.7 Å². The summed E-state index contributed by atoms with van der Waals surface area (Å²) in [6.07, 6.45) is 4.41. The van der Waals surface area contributed by atoms with Gasteiger partial charge in [0.15, 0.2) is 10.9 Å². The third-order valence-electron chi connectivity index (χ3n) is 4.12. The van der Waals surface area contributed by atoms with Crippen LogP contribution in [0.25, 0.3) is 0 Å². The van der Waals surface area contributed by atoms with E-state index in [1.807, 2.05) is 11.6 Å². The number of aromatic nitrogens is 3. The Morgan fingerprint density at radius 1 is 1.25 bits per heavy atom. The Labute approximate surface area is 122 Å². The van der Waals surface area contributed by atoms with E-state index in [-0.39, 0.29) is 0 Å². The monoisotopic (exact) mass is 287 g/mol. The van der Waals surface area contributed by atoms with Gasteiger partial charge in [-0.05, 0) is 25.0 Å². The largest absolute Gasteiger partial charge is 0.351 e. The summed E-state index contributed by atoms with van der Waals surface area (Å²) in [5, 5.41) is 11.8. The molecule has 5 nitrogen and oxygen atoms in total. The second-order valence-electron chi connectivity index (χ2n) is 5.58. The van der Waals surface area contributed by atoms with E-state index in [9.17, 15) is 0 Å². The summed E-state index contributed by atoms with van der Waals surface area (Å²) in [6, 6.07) is 4.77. The third kappa shape index (κ3) is 2.14. The summed E-state index contributed by atoms with van der Waals surface area (Å²) in [6.45, 7) is 1.99. The Balaban J connectivity index is 1.38. The highest BCUT2D eigenvalue weighted by molar-refractivity contribution is 7.13. The molecule has 1 aliphatic heterocycles. The lowest BCUT2D eigenvalue weighted by atomic mass is 10.1. The molecule has 0 unspecified atom stereocenters. The minimum atomic E-state index is 0.519. The molecule has 0 amide bonds. The van der Waals surface area contributed by atoms with Gasteiger partial charge in [-0.15, -0.1) is 16.4 Å². The Morgan fingerprint density at radius 3 is 2.70 bits per heavy atom. The second kappa shape index (κ2) is 4.70. The van der Waals surface area contributed by atoms with Crippen molar-refractivity contribution in [2.75, 3.05) is 29.9 Å². The maximum atomic E-state index is 4.36. The average Bonchev–Trinajstić information content (AvgIpc) is 3.12. The lowest BCUT2D eigenvalue weighted by Gasteiger charge is -2.44. The lowest BCUT2D eigenvalue weighted by Crippen LogP contribution is -2.59. The van der Waals surface area contributed by atoms with Gasteiger partial charge in [0, 0.05) is 37.6 Å². The molecule has 0 aromatic carbocycles. The molecule has 0 atom stereocenters. The summed E-state index contributed by atoms with van der Waals surface area (Å²) in [4.78, 5) is 8.89. The Bertz CT molecular complexity index is 572. The van der Waals surface area contributed by atoms with Crippen LogP contribution < -0.4 is 9.80 Å². The van der Waals surface area contributed by atoms with E-state index in [2.05, 4.69) is 44.2 Å². The van der Waals surface area contributed by atoms with Crippen LogP contribution in [0.3, 0.4) is 0 Å². The van der Waals surface area contributed by atoms with E-state index in [0.717, 1.165) is 29.7 Å². The molecule has 0 spiro atoms. The zero-order chi connectivity index (χ0) is 13.5. The van der Waals surface area contributed by atoms with Crippen molar-refractivity contribution < 1.29 is 0 Å². The van der Waals surface area contributed by atoms with Gasteiger partial charge < -0.3 is 9.80 Å². The number of rotatable bonds is 4. The molecule has 2 aliphatic rings. The zero-order valence-corrected chi connectivity index (χ0v) is 12.3. The van der Waals surface area contributed by atoms with Crippen LogP contribution in [0.5, 0.6) is 0 Å². The van der Waals surface area contributed by atoms with E-state index in [1.54, 1.807) is 11.3 Å². The van der Waals surface area contributed by atoms with Gasteiger partial charge >= 0.3 is 0 Å². The fourth-order valence-corrected chi connectivity index (χ4v) is 3.22. The topological polar surface area (TPSA) is 45.2 Å². The maximum Gasteiger partial charge on any atom is 0.185 e. The Morgan fingerprint density at radius 2 is 2.10 bits per heavy atom. The van der Waals surface area contributed by atoms with E-state index < -0.39 is 0 Å². The van der Waals surface area contributed by atoms with Crippen molar-refractivity contribution in [1.29, 1.82) is 0 Å². The van der Waals surface area contributed by atoms with Crippen molar-refractivity contribution in [3.05, 3.63) is 29.4 Å². The van der Waals surface area contributed by atoms with Crippen LogP contribution in [-0.4, -0.2) is 41.4 Å². The predicted octanol–water partition coefficient (Wildman–Crippen LogP) is 2.14. The summed E-state index contributed by atoms with van der Waals surface area (Å²) in [7, 11) is 2.11. The summed E-state index contributed by atoms with van der Waals surface area (Å²) >= 11 is 1.69. The van der Waals surface area contributed by atoms with Gasteiger partial charge in [-0.1, -0.05) is 0 Å². The molecule has 0 N–H and O–H groups in total. The van der Waals surface area contributed by atoms with Gasteiger partial charge in [0.1, 0.15) is 0 Å². The third-order valence-corrected chi connectivity index (χ3v) is 4.98. The highest BCUT2D eigenvalue weighted by Crippen LogP contribution is 2.39. The maximum absolute atomic E-state index is 4.36. The van der Waals surface area contributed by atoms with E-state index in [0.29, 0.717) is 12.0 Å². The fraction of sp³-hybridized carbons (Fsp3) is 0.500. The normalized spacial score (nSPS) is 18.9. The van der Waals surface area contributed by atoms with Gasteiger partial charge in [-0.2, -0.15) is 5.10 Å². The van der Waals surface area contributed by atoms with Gasteiger partial charge in [0.2, 0.25) is 0 Å². The van der Waals surface area contributed by atoms with Crippen molar-refractivity contribution in [3.8, 4) is 0 Å². The molecule has 2 aromatic heterocycles. The van der Waals surface area contributed by atoms with Gasteiger partial charge in [-0.25, -0.2) is 4.98 Å². The lowest BCUT2D eigenvalue weighted by molar-refractivity contribution is 0.489. The van der Waals surface area contributed by atoms with Crippen LogP contribution in [0.4, 0.5) is 10.9 Å². The van der Waals surface area contributed by atoms with Crippen LogP contribution in [0.2, 0.25) is 0 Å². The Kier molecular flexibility index (Phi) is 2.84. The van der Waals surface area contributed by atoms with Crippen LogP contribution in [0, 0.1) is 0 Å². The molecule has 104 valence electrons. The molecule has 0 bridgehead atoms. The molecule has 1 saturated heterocycles. The number of hydrogen-bond donors (Lipinski definition) is 0. The molecule has 0 radical (unpaired) electrons. The van der Waals surface area contributed by atoms with Gasteiger partial charge in [-0.3, -0.25) is 0 Å². The summed E-state index contributed by atoms with van der Waals surface area (Å²) in [5.74, 6) is 1.68. The minimum Gasteiger partial charge on any atom is -0.351 e. The van der Waals surface area contributed by atoms with E-state index in [1.165, 1.54) is 12.8 Å². The molecular formula is C14H17N5S. The van der Waals surface area contributed by atoms with Crippen LogP contribution in [0.1, 0.15) is 24.5 Å². The van der Waals surface area contributed by atoms with Crippen molar-refractivity contribution in [3.63, 3.8) is 0 Å². The molecule has 1 saturated carbocycles. The molecule has 1 aliphatic carbocycles. The van der Waals surface area contributed by atoms with Crippen LogP contribution in [0.15, 0.2) is 23.7 Å². The number of nitrogens with zero attached hydrogens (tertiary/aromatic N) is 5. The number of anilines is 2. The smallest absolute Gasteiger partial charge is 0.185 e. The number of hydrogen-bond acceptors (Lipinski definition) is 6. The average molecular weight is 287 g/mol. The minimum absolute atomic E-state index is 0.519. The predicted molar refractivity (Wildman–Crippen MR) is 80.5 cm³/mol. The number of likely N-dealkylation sites (N-methyl/N-ethyl adjacent to an activating group) is 1. The molecule has 3 heterocycles. The van der Waals surface area contributed by atoms with Crippen molar-refractivity contribution in [1.82, 2.24) is 15.2 Å². The second-order valence-corrected chi connectivity index (χ2v) is 6.45. The molecule has 2 fully saturated rings. The first-order chi connectivity index (χ1) is 9.81. The highest BCUT2D eigenvalue weighted by Gasteiger charge is 2.32. The molecule has 4 rings (SSSR count). The van der Waals surface area contributed by atoms with Crippen molar-refractivity contribution in [2.24, 2.45) is 0 Å². The molecular weight excluding hydrogens is 270 g/mol. The SMILES string of the molecule is CN(c1nccs1)C1CN(c2ccc(C3CC3)nn2)C1. The van der Waals surface area contributed by atoms with E-state index in [4.69, 9.17) is 0 Å². The fourth-order valence-electron chi connectivity index (χ4n) is 2.53. The first kappa shape index (κ1) is 12.1.